The molecule has 4 nitrogen and oxygen atoms in total. The lowest BCUT2D eigenvalue weighted by Gasteiger charge is -2.00. The molecule has 0 fully saturated rings. The van der Waals surface area contributed by atoms with Crippen LogP contribution in [0.2, 0.25) is 0 Å². The Kier molecular flexibility index (Phi) is 3.72. The fourth-order valence-electron chi connectivity index (χ4n) is 1.36. The molecule has 0 aliphatic heterocycles. The predicted octanol–water partition coefficient (Wildman–Crippen LogP) is 1.84. The van der Waals surface area contributed by atoms with Gasteiger partial charge in [-0.25, -0.2) is 4.98 Å². The van der Waals surface area contributed by atoms with Crippen molar-refractivity contribution >= 4 is 17.3 Å². The molecule has 17 heavy (non-hydrogen) atoms. The van der Waals surface area contributed by atoms with Gasteiger partial charge in [0, 0.05) is 23.7 Å². The third-order valence-electron chi connectivity index (χ3n) is 2.26. The Bertz CT molecular complexity index is 504. The summed E-state index contributed by atoms with van der Waals surface area (Å²) in [6.45, 7) is 0.660. The van der Waals surface area contributed by atoms with Crippen LogP contribution < -0.4 is 11.1 Å². The first-order valence-electron chi connectivity index (χ1n) is 5.26. The van der Waals surface area contributed by atoms with E-state index >= 15 is 0 Å². The van der Waals surface area contributed by atoms with Crippen LogP contribution >= 0.6 is 11.3 Å². The van der Waals surface area contributed by atoms with Crippen LogP contribution in [0.15, 0.2) is 41.5 Å². The van der Waals surface area contributed by atoms with Gasteiger partial charge in [0.05, 0.1) is 6.54 Å². The second-order valence-electron chi connectivity index (χ2n) is 3.46. The van der Waals surface area contributed by atoms with E-state index < -0.39 is 0 Å². The topological polar surface area (TPSA) is 63.3 Å². The maximum absolute atomic E-state index is 5.56. The van der Waals surface area contributed by atoms with Crippen LogP contribution in [0.4, 0.5) is 0 Å². The molecule has 3 N–H and O–H groups in total. The van der Waals surface area contributed by atoms with Gasteiger partial charge in [-0.1, -0.05) is 30.3 Å². The maximum atomic E-state index is 5.56. The summed E-state index contributed by atoms with van der Waals surface area (Å²) in [5, 5.41) is 4.03. The zero-order valence-electron chi connectivity index (χ0n) is 9.55. The van der Waals surface area contributed by atoms with Gasteiger partial charge in [-0.15, -0.1) is 11.3 Å². The van der Waals surface area contributed by atoms with Crippen LogP contribution in [0.5, 0.6) is 0 Å². The summed E-state index contributed by atoms with van der Waals surface area (Å²) in [7, 11) is 1.66. The Morgan fingerprint density at radius 3 is 2.88 bits per heavy atom. The highest BCUT2D eigenvalue weighted by Crippen LogP contribution is 2.24. The van der Waals surface area contributed by atoms with E-state index in [4.69, 9.17) is 5.73 Å². The van der Waals surface area contributed by atoms with Crippen molar-refractivity contribution in [2.75, 3.05) is 7.05 Å². The molecule has 88 valence electrons. The Hall–Kier alpha value is -1.88. The van der Waals surface area contributed by atoms with Crippen LogP contribution in [0.25, 0.3) is 10.6 Å². The summed E-state index contributed by atoms with van der Waals surface area (Å²) >= 11 is 1.65. The molecule has 2 rings (SSSR count). The van der Waals surface area contributed by atoms with Crippen LogP contribution in [-0.4, -0.2) is 18.0 Å². The zero-order valence-corrected chi connectivity index (χ0v) is 10.4. The number of aromatic nitrogens is 1. The minimum absolute atomic E-state index is 0.444. The van der Waals surface area contributed by atoms with E-state index in [0.29, 0.717) is 12.5 Å². The minimum atomic E-state index is 0.444. The SMILES string of the molecule is CN=C(N)NCc1cnc(-c2ccccc2)s1. The number of aliphatic imine (C=N–C) groups is 1. The highest BCUT2D eigenvalue weighted by molar-refractivity contribution is 7.15. The molecular weight excluding hydrogens is 232 g/mol. The molecule has 1 aromatic heterocycles. The smallest absolute Gasteiger partial charge is 0.188 e. The van der Waals surface area contributed by atoms with Crippen molar-refractivity contribution in [2.45, 2.75) is 6.54 Å². The first-order chi connectivity index (χ1) is 8.29. The van der Waals surface area contributed by atoms with Crippen molar-refractivity contribution in [3.8, 4) is 10.6 Å². The molecule has 0 aliphatic carbocycles. The second-order valence-corrected chi connectivity index (χ2v) is 4.58. The van der Waals surface area contributed by atoms with E-state index in [1.165, 1.54) is 0 Å². The van der Waals surface area contributed by atoms with Gasteiger partial charge < -0.3 is 11.1 Å². The Morgan fingerprint density at radius 2 is 2.18 bits per heavy atom. The van der Waals surface area contributed by atoms with Crippen LogP contribution in [0.3, 0.4) is 0 Å². The molecule has 0 saturated heterocycles. The third-order valence-corrected chi connectivity index (χ3v) is 3.31. The lowest BCUT2D eigenvalue weighted by molar-refractivity contribution is 0.915. The average molecular weight is 246 g/mol. The molecule has 0 unspecified atom stereocenters. The van der Waals surface area contributed by atoms with Crippen molar-refractivity contribution in [2.24, 2.45) is 10.7 Å². The summed E-state index contributed by atoms with van der Waals surface area (Å²) < 4.78 is 0. The number of hydrogen-bond donors (Lipinski definition) is 2. The number of rotatable bonds is 3. The highest BCUT2D eigenvalue weighted by atomic mass is 32.1. The van der Waals surface area contributed by atoms with E-state index in [-0.39, 0.29) is 0 Å². The fraction of sp³-hybridized carbons (Fsp3) is 0.167. The van der Waals surface area contributed by atoms with E-state index in [1.807, 2.05) is 24.4 Å². The van der Waals surface area contributed by atoms with E-state index in [0.717, 1.165) is 15.4 Å². The normalized spacial score (nSPS) is 11.5. The van der Waals surface area contributed by atoms with Crippen LogP contribution in [0, 0.1) is 0 Å². The summed E-state index contributed by atoms with van der Waals surface area (Å²) in [6.07, 6.45) is 1.86. The molecule has 1 heterocycles. The maximum Gasteiger partial charge on any atom is 0.188 e. The molecule has 0 saturated carbocycles. The van der Waals surface area contributed by atoms with Gasteiger partial charge in [0.15, 0.2) is 5.96 Å². The van der Waals surface area contributed by atoms with Gasteiger partial charge in [0.2, 0.25) is 0 Å². The lowest BCUT2D eigenvalue weighted by Crippen LogP contribution is -2.30. The molecule has 0 atom stereocenters. The number of nitrogens with one attached hydrogen (secondary N) is 1. The Labute approximate surface area is 104 Å². The van der Waals surface area contributed by atoms with Gasteiger partial charge in [0.1, 0.15) is 5.01 Å². The zero-order chi connectivity index (χ0) is 12.1. The number of hydrogen-bond acceptors (Lipinski definition) is 3. The van der Waals surface area contributed by atoms with Crippen molar-refractivity contribution in [1.82, 2.24) is 10.3 Å². The number of thiazole rings is 1. The molecule has 0 aliphatic rings. The third kappa shape index (κ3) is 3.04. The highest BCUT2D eigenvalue weighted by Gasteiger charge is 2.03. The number of nitrogens with two attached hydrogens (primary N) is 1. The van der Waals surface area contributed by atoms with Gasteiger partial charge in [-0.05, 0) is 0 Å². The lowest BCUT2D eigenvalue weighted by atomic mass is 10.2. The van der Waals surface area contributed by atoms with E-state index in [9.17, 15) is 0 Å². The molecule has 0 radical (unpaired) electrons. The molecule has 0 amide bonds. The fourth-order valence-corrected chi connectivity index (χ4v) is 2.22. The van der Waals surface area contributed by atoms with Crippen molar-refractivity contribution < 1.29 is 0 Å². The monoisotopic (exact) mass is 246 g/mol. The summed E-state index contributed by atoms with van der Waals surface area (Å²) in [6, 6.07) is 10.1. The van der Waals surface area contributed by atoms with Crippen LogP contribution in [0.1, 0.15) is 4.88 Å². The van der Waals surface area contributed by atoms with Crippen LogP contribution in [-0.2, 0) is 6.54 Å². The molecule has 1 aromatic carbocycles. The Morgan fingerprint density at radius 1 is 1.41 bits per heavy atom. The first-order valence-corrected chi connectivity index (χ1v) is 6.07. The molecule has 5 heteroatoms. The summed E-state index contributed by atoms with van der Waals surface area (Å²) in [4.78, 5) is 9.36. The number of guanidine groups is 1. The Balaban J connectivity index is 2.06. The predicted molar refractivity (Wildman–Crippen MR) is 71.9 cm³/mol. The summed E-state index contributed by atoms with van der Waals surface area (Å²) in [5.41, 5.74) is 6.70. The van der Waals surface area contributed by atoms with Crippen molar-refractivity contribution in [3.63, 3.8) is 0 Å². The minimum Gasteiger partial charge on any atom is -0.370 e. The van der Waals surface area contributed by atoms with Crippen molar-refractivity contribution in [3.05, 3.63) is 41.4 Å². The average Bonchev–Trinajstić information content (AvgIpc) is 2.86. The van der Waals surface area contributed by atoms with Gasteiger partial charge in [-0.2, -0.15) is 0 Å². The van der Waals surface area contributed by atoms with E-state index in [1.54, 1.807) is 18.4 Å². The van der Waals surface area contributed by atoms with E-state index in [2.05, 4.69) is 27.4 Å². The second kappa shape index (κ2) is 5.45. The largest absolute Gasteiger partial charge is 0.370 e. The van der Waals surface area contributed by atoms with Gasteiger partial charge in [0.25, 0.3) is 0 Å². The van der Waals surface area contributed by atoms with Gasteiger partial charge >= 0.3 is 0 Å². The molecule has 0 spiro atoms. The molecular formula is C12H14N4S. The standard InChI is InChI=1S/C12H14N4S/c1-14-12(13)16-8-10-7-15-11(17-10)9-5-3-2-4-6-9/h2-7H,8H2,1H3,(H3,13,14,16). The quantitative estimate of drug-likeness (QED) is 0.641. The summed E-state index contributed by atoms with van der Waals surface area (Å²) in [5.74, 6) is 0.444. The number of benzene rings is 1. The first kappa shape index (κ1) is 11.6. The molecule has 0 bridgehead atoms. The van der Waals surface area contributed by atoms with Gasteiger partial charge in [-0.3, -0.25) is 4.99 Å². The molecule has 2 aromatic rings. The number of nitrogens with zero attached hydrogens (tertiary/aromatic N) is 2. The van der Waals surface area contributed by atoms with Crippen molar-refractivity contribution in [1.29, 1.82) is 0 Å².